The van der Waals surface area contributed by atoms with Crippen LogP contribution in [0, 0.1) is 5.41 Å². The van der Waals surface area contributed by atoms with E-state index in [-0.39, 0.29) is 5.97 Å². The SMILES string of the molecule is COC12CCCC1(C(=O)Oc1ccccc1)CCO2. The average molecular weight is 262 g/mol. The van der Waals surface area contributed by atoms with Gasteiger partial charge in [-0.2, -0.15) is 0 Å². The third-order valence-corrected chi connectivity index (χ3v) is 4.38. The minimum Gasteiger partial charge on any atom is -0.426 e. The largest absolute Gasteiger partial charge is 0.426 e. The van der Waals surface area contributed by atoms with Gasteiger partial charge in [0.25, 0.3) is 0 Å². The molecule has 2 aliphatic rings. The Balaban J connectivity index is 1.86. The fourth-order valence-electron chi connectivity index (χ4n) is 3.38. The lowest BCUT2D eigenvalue weighted by Gasteiger charge is -2.35. The summed E-state index contributed by atoms with van der Waals surface area (Å²) in [6, 6.07) is 9.16. The number of methoxy groups -OCH3 is 1. The van der Waals surface area contributed by atoms with Crippen LogP contribution in [0.25, 0.3) is 0 Å². The van der Waals surface area contributed by atoms with Crippen LogP contribution in [-0.2, 0) is 14.3 Å². The van der Waals surface area contributed by atoms with Crippen molar-refractivity contribution >= 4 is 5.97 Å². The van der Waals surface area contributed by atoms with E-state index < -0.39 is 11.2 Å². The number of esters is 1. The molecule has 2 atom stereocenters. The summed E-state index contributed by atoms with van der Waals surface area (Å²) in [6.45, 7) is 0.553. The summed E-state index contributed by atoms with van der Waals surface area (Å²) in [5, 5.41) is 0. The first kappa shape index (κ1) is 12.6. The lowest BCUT2D eigenvalue weighted by Crippen LogP contribution is -2.49. The summed E-state index contributed by atoms with van der Waals surface area (Å²) in [7, 11) is 1.61. The Bertz CT molecular complexity index is 458. The second-order valence-electron chi connectivity index (χ2n) is 5.19. The predicted octanol–water partition coefficient (Wildman–Crippen LogP) is 2.53. The Labute approximate surface area is 112 Å². The van der Waals surface area contributed by atoms with Crippen molar-refractivity contribution in [3.63, 3.8) is 0 Å². The molecule has 4 heteroatoms. The van der Waals surface area contributed by atoms with Gasteiger partial charge in [0.05, 0.1) is 6.61 Å². The highest BCUT2D eigenvalue weighted by Crippen LogP contribution is 2.56. The standard InChI is InChI=1S/C15H18O4/c1-17-15-9-5-8-14(15,10-11-18-15)13(16)19-12-6-3-2-4-7-12/h2-4,6-7H,5,8-11H2,1H3. The molecule has 1 aliphatic carbocycles. The van der Waals surface area contributed by atoms with E-state index in [2.05, 4.69) is 0 Å². The Morgan fingerprint density at radius 3 is 2.74 bits per heavy atom. The van der Waals surface area contributed by atoms with E-state index >= 15 is 0 Å². The maximum Gasteiger partial charge on any atom is 0.323 e. The van der Waals surface area contributed by atoms with Crippen molar-refractivity contribution in [1.82, 2.24) is 0 Å². The Morgan fingerprint density at radius 2 is 2.00 bits per heavy atom. The number of ether oxygens (including phenoxy) is 3. The molecule has 0 N–H and O–H groups in total. The van der Waals surface area contributed by atoms with Crippen molar-refractivity contribution in [2.24, 2.45) is 5.41 Å². The van der Waals surface area contributed by atoms with Gasteiger partial charge in [0.1, 0.15) is 11.2 Å². The van der Waals surface area contributed by atoms with Crippen molar-refractivity contribution in [2.75, 3.05) is 13.7 Å². The lowest BCUT2D eigenvalue weighted by atomic mass is 9.80. The third kappa shape index (κ3) is 1.78. The molecule has 0 bridgehead atoms. The number of para-hydroxylation sites is 1. The monoisotopic (exact) mass is 262 g/mol. The fraction of sp³-hybridized carbons (Fsp3) is 0.533. The van der Waals surface area contributed by atoms with Crippen molar-refractivity contribution < 1.29 is 19.0 Å². The molecule has 1 aliphatic heterocycles. The van der Waals surface area contributed by atoms with E-state index in [1.54, 1.807) is 19.2 Å². The summed E-state index contributed by atoms with van der Waals surface area (Å²) >= 11 is 0. The number of fused-ring (bicyclic) bond motifs is 1. The molecular weight excluding hydrogens is 244 g/mol. The first-order valence-electron chi connectivity index (χ1n) is 6.69. The topological polar surface area (TPSA) is 44.8 Å². The summed E-state index contributed by atoms with van der Waals surface area (Å²) in [5.41, 5.74) is -0.641. The molecule has 0 spiro atoms. The first-order valence-corrected chi connectivity index (χ1v) is 6.69. The molecule has 1 aromatic carbocycles. The van der Waals surface area contributed by atoms with Crippen molar-refractivity contribution in [3.8, 4) is 5.75 Å². The van der Waals surface area contributed by atoms with Gasteiger partial charge in [-0.15, -0.1) is 0 Å². The van der Waals surface area contributed by atoms with Crippen LogP contribution in [0.3, 0.4) is 0 Å². The summed E-state index contributed by atoms with van der Waals surface area (Å²) in [6.07, 6.45) is 3.13. The van der Waals surface area contributed by atoms with Gasteiger partial charge in [0, 0.05) is 13.5 Å². The first-order chi connectivity index (χ1) is 9.22. The number of carbonyl (C=O) groups excluding carboxylic acids is 1. The number of rotatable bonds is 3. The second kappa shape index (κ2) is 4.62. The van der Waals surface area contributed by atoms with Gasteiger partial charge in [-0.1, -0.05) is 18.2 Å². The molecule has 1 heterocycles. The van der Waals surface area contributed by atoms with E-state index in [9.17, 15) is 4.79 Å². The van der Waals surface area contributed by atoms with Gasteiger partial charge in [0.15, 0.2) is 5.79 Å². The Hall–Kier alpha value is -1.39. The maximum absolute atomic E-state index is 12.6. The van der Waals surface area contributed by atoms with E-state index in [4.69, 9.17) is 14.2 Å². The van der Waals surface area contributed by atoms with Gasteiger partial charge in [-0.3, -0.25) is 4.79 Å². The molecule has 1 saturated heterocycles. The van der Waals surface area contributed by atoms with Crippen LogP contribution in [0.5, 0.6) is 5.75 Å². The van der Waals surface area contributed by atoms with E-state index in [0.29, 0.717) is 18.8 Å². The molecule has 0 radical (unpaired) electrons. The quantitative estimate of drug-likeness (QED) is 0.620. The Morgan fingerprint density at radius 1 is 1.21 bits per heavy atom. The molecule has 19 heavy (non-hydrogen) atoms. The second-order valence-corrected chi connectivity index (χ2v) is 5.19. The van der Waals surface area contributed by atoms with E-state index in [0.717, 1.165) is 19.3 Å². The van der Waals surface area contributed by atoms with Crippen LogP contribution in [0.2, 0.25) is 0 Å². The van der Waals surface area contributed by atoms with Crippen LogP contribution in [0.1, 0.15) is 25.7 Å². The minimum atomic E-state index is -0.779. The van der Waals surface area contributed by atoms with Crippen LogP contribution < -0.4 is 4.74 Å². The summed E-state index contributed by atoms with van der Waals surface area (Å²) in [5.74, 6) is -0.431. The molecule has 2 unspecified atom stereocenters. The molecule has 0 aromatic heterocycles. The summed E-state index contributed by atoms with van der Waals surface area (Å²) < 4.78 is 16.8. The van der Waals surface area contributed by atoms with Gasteiger partial charge in [-0.25, -0.2) is 0 Å². The van der Waals surface area contributed by atoms with Gasteiger partial charge in [0.2, 0.25) is 0 Å². The summed E-state index contributed by atoms with van der Waals surface area (Å²) in [4.78, 5) is 12.6. The highest BCUT2D eigenvalue weighted by atomic mass is 16.7. The zero-order valence-corrected chi connectivity index (χ0v) is 11.1. The number of hydrogen-bond acceptors (Lipinski definition) is 4. The van der Waals surface area contributed by atoms with Crippen LogP contribution in [-0.4, -0.2) is 25.5 Å². The van der Waals surface area contributed by atoms with Crippen LogP contribution in [0.4, 0.5) is 0 Å². The van der Waals surface area contributed by atoms with Crippen molar-refractivity contribution in [1.29, 1.82) is 0 Å². The molecule has 3 rings (SSSR count). The maximum atomic E-state index is 12.6. The highest BCUT2D eigenvalue weighted by molar-refractivity contribution is 5.81. The molecule has 1 aromatic rings. The molecule has 0 amide bonds. The lowest BCUT2D eigenvalue weighted by molar-refractivity contribution is -0.234. The molecule has 1 saturated carbocycles. The van der Waals surface area contributed by atoms with Crippen LogP contribution in [0.15, 0.2) is 30.3 Å². The average Bonchev–Trinajstić information content (AvgIpc) is 2.95. The normalized spacial score (nSPS) is 33.1. The predicted molar refractivity (Wildman–Crippen MR) is 68.7 cm³/mol. The highest BCUT2D eigenvalue weighted by Gasteiger charge is 2.65. The van der Waals surface area contributed by atoms with Crippen LogP contribution >= 0.6 is 0 Å². The fourth-order valence-corrected chi connectivity index (χ4v) is 3.38. The molecule has 4 nitrogen and oxygen atoms in total. The number of hydrogen-bond donors (Lipinski definition) is 0. The van der Waals surface area contributed by atoms with E-state index in [1.165, 1.54) is 0 Å². The Kier molecular flexibility index (Phi) is 3.07. The molecule has 102 valence electrons. The smallest absolute Gasteiger partial charge is 0.323 e. The minimum absolute atomic E-state index is 0.226. The zero-order valence-electron chi connectivity index (χ0n) is 11.1. The van der Waals surface area contributed by atoms with E-state index in [1.807, 2.05) is 18.2 Å². The zero-order chi connectivity index (χ0) is 13.3. The number of carbonyl (C=O) groups is 1. The van der Waals surface area contributed by atoms with Gasteiger partial charge in [-0.05, 0) is 31.4 Å². The van der Waals surface area contributed by atoms with Crippen molar-refractivity contribution in [2.45, 2.75) is 31.5 Å². The molecule has 2 fully saturated rings. The van der Waals surface area contributed by atoms with Gasteiger partial charge < -0.3 is 14.2 Å². The molecular formula is C15H18O4. The third-order valence-electron chi connectivity index (χ3n) is 4.38. The number of benzene rings is 1. The van der Waals surface area contributed by atoms with Gasteiger partial charge >= 0.3 is 5.97 Å². The van der Waals surface area contributed by atoms with Crippen molar-refractivity contribution in [3.05, 3.63) is 30.3 Å².